The van der Waals surface area contributed by atoms with Crippen LogP contribution in [-0.4, -0.2) is 101 Å². The van der Waals surface area contributed by atoms with Crippen molar-refractivity contribution in [1.29, 1.82) is 0 Å². The van der Waals surface area contributed by atoms with Gasteiger partial charge in [-0.05, 0) is 183 Å². The van der Waals surface area contributed by atoms with Gasteiger partial charge in [0.15, 0.2) is 0 Å². The van der Waals surface area contributed by atoms with E-state index < -0.39 is 23.4 Å². The summed E-state index contributed by atoms with van der Waals surface area (Å²) in [6.45, 7) is 15.6. The van der Waals surface area contributed by atoms with Crippen molar-refractivity contribution in [3.8, 4) is 33.4 Å². The number of carbonyl (C=O) groups is 3. The van der Waals surface area contributed by atoms with Gasteiger partial charge in [-0.1, -0.05) is 91.0 Å². The minimum absolute atomic E-state index is 0.339. The van der Waals surface area contributed by atoms with E-state index in [4.69, 9.17) is 40.9 Å². The molecule has 20 heteroatoms. The summed E-state index contributed by atoms with van der Waals surface area (Å²) in [5, 5.41) is 18.9. The largest absolute Gasteiger partial charge is 0.444 e. The first-order valence-corrected chi connectivity index (χ1v) is 32.6. The molecule has 3 aliphatic heterocycles. The van der Waals surface area contributed by atoms with Gasteiger partial charge in [-0.15, -0.1) is 0 Å². The number of anilines is 7. The normalized spacial score (nSPS) is 14.2. The number of amides is 2. The molecule has 3 aliphatic rings. The first kappa shape index (κ1) is 69.6. The number of Topliss-reactive ketones (excluding diaryl/α,β-unsaturated/α-hetero) is 1. The third kappa shape index (κ3) is 21.1. The highest BCUT2D eigenvalue weighted by Crippen LogP contribution is 2.37. The Labute approximate surface area is 563 Å². The number of hydrogen-bond donors (Lipinski definition) is 7. The molecule has 0 spiro atoms. The van der Waals surface area contributed by atoms with Crippen molar-refractivity contribution in [2.45, 2.75) is 103 Å². The van der Waals surface area contributed by atoms with E-state index in [0.29, 0.717) is 61.2 Å². The molecule has 0 radical (unpaired) electrons. The number of aromatic nitrogens is 4. The second-order valence-corrected chi connectivity index (χ2v) is 25.8. The van der Waals surface area contributed by atoms with Crippen LogP contribution in [0, 0.1) is 0 Å². The van der Waals surface area contributed by atoms with Crippen LogP contribution in [0.5, 0.6) is 0 Å². The number of ether oxygens (including phenoxy) is 5. The average Bonchev–Trinajstić information content (AvgIpc) is 0.822. The van der Waals surface area contributed by atoms with Gasteiger partial charge >= 0.3 is 12.2 Å². The fourth-order valence-corrected chi connectivity index (χ4v) is 10.9. The lowest BCUT2D eigenvalue weighted by Crippen LogP contribution is -2.28. The summed E-state index contributed by atoms with van der Waals surface area (Å²) in [7, 11) is 0. The van der Waals surface area contributed by atoms with Crippen LogP contribution in [-0.2, 0) is 28.5 Å². The van der Waals surface area contributed by atoms with E-state index in [1.165, 1.54) is 0 Å². The molecule has 10 aromatic rings. The third-order valence-electron chi connectivity index (χ3n) is 15.3. The topological polar surface area (TPSA) is 275 Å². The van der Waals surface area contributed by atoms with E-state index in [-0.39, 0.29) is 0 Å². The number of halogens is 1. The Bertz CT molecular complexity index is 4130. The van der Waals surface area contributed by atoms with Crippen molar-refractivity contribution in [3.63, 3.8) is 0 Å². The predicted octanol–water partition coefficient (Wildman–Crippen LogP) is 16.5. The van der Waals surface area contributed by atoms with Crippen LogP contribution in [0.1, 0.15) is 80.1 Å². The number of ketones is 1. The third-order valence-corrected chi connectivity index (χ3v) is 15.7. The average molecular weight is 1350 g/mol. The van der Waals surface area contributed by atoms with Gasteiger partial charge in [0.1, 0.15) is 40.3 Å². The molecule has 13 rings (SSSR count). The van der Waals surface area contributed by atoms with Crippen LogP contribution in [0.2, 0.25) is 0 Å². The maximum absolute atomic E-state index is 12.3. The van der Waals surface area contributed by atoms with E-state index in [0.717, 1.165) is 145 Å². The van der Waals surface area contributed by atoms with Gasteiger partial charge in [0, 0.05) is 119 Å². The number of nitrogens with two attached hydrogens (primary N) is 3. The van der Waals surface area contributed by atoms with Crippen LogP contribution < -0.4 is 38.5 Å². The maximum Gasteiger partial charge on any atom is 0.412 e. The molecule has 0 unspecified atom stereocenters. The SMILES string of the molecule is CC(C)(C)OC(=O)Nc1ccc(-c2ccc(N)nc2)c2ccccc12.CC(C)(C)OC(=O)Nc1ccc(-c2ccc(NC3CCOCC3)nc2)c2ccccc12.Nc1ccc(-c2ccc(NC3CCOCC3)nc2)c2ccccc12.Nc1ccc(Br)cn1.O=C1CCOCC1. The summed E-state index contributed by atoms with van der Waals surface area (Å²) in [6.07, 6.45) is 11.6. The van der Waals surface area contributed by atoms with Crippen LogP contribution >= 0.6 is 15.9 Å². The van der Waals surface area contributed by atoms with Crippen LogP contribution in [0.4, 0.5) is 49.9 Å². The van der Waals surface area contributed by atoms with Crippen molar-refractivity contribution >= 4 is 107 Å². The minimum atomic E-state index is -0.550. The fraction of sp³-hybridized carbons (Fsp3) is 0.293. The molecule has 3 saturated heterocycles. The number of nitrogens with one attached hydrogen (secondary N) is 4. The van der Waals surface area contributed by atoms with E-state index in [9.17, 15) is 14.4 Å². The number of nitrogen functional groups attached to an aromatic ring is 3. The number of rotatable bonds is 9. The Morgan fingerprint density at radius 2 is 0.811 bits per heavy atom. The van der Waals surface area contributed by atoms with Crippen LogP contribution in [0.3, 0.4) is 0 Å². The molecule has 19 nitrogen and oxygen atoms in total. The molecule has 494 valence electrons. The Balaban J connectivity index is 0.000000151. The molecule has 6 aromatic carbocycles. The molecule has 3 fully saturated rings. The highest BCUT2D eigenvalue weighted by atomic mass is 79.9. The number of pyridine rings is 4. The van der Waals surface area contributed by atoms with Crippen molar-refractivity contribution < 1.29 is 38.1 Å². The van der Waals surface area contributed by atoms with Gasteiger partial charge in [-0.2, -0.15) is 0 Å². The Morgan fingerprint density at radius 3 is 1.17 bits per heavy atom. The second kappa shape index (κ2) is 33.4. The van der Waals surface area contributed by atoms with Crippen LogP contribution in [0.15, 0.2) is 187 Å². The second-order valence-electron chi connectivity index (χ2n) is 24.9. The first-order chi connectivity index (χ1) is 45.7. The summed E-state index contributed by atoms with van der Waals surface area (Å²) >= 11 is 3.23. The quantitative estimate of drug-likeness (QED) is 0.0662. The monoisotopic (exact) mass is 1350 g/mol. The van der Waals surface area contributed by atoms with E-state index in [1.807, 2.05) is 157 Å². The number of fused-ring (bicyclic) bond motifs is 3. The molecular weight excluding hydrogens is 1260 g/mol. The van der Waals surface area contributed by atoms with Gasteiger partial charge in [0.2, 0.25) is 0 Å². The summed E-state index contributed by atoms with van der Waals surface area (Å²) in [5.41, 5.74) is 24.5. The number of benzene rings is 6. The Kier molecular flexibility index (Phi) is 24.5. The molecule has 0 saturated carbocycles. The van der Waals surface area contributed by atoms with Gasteiger partial charge in [0.25, 0.3) is 0 Å². The summed E-state index contributed by atoms with van der Waals surface area (Å²) in [5.74, 6) is 3.17. The molecule has 10 N–H and O–H groups in total. The minimum Gasteiger partial charge on any atom is -0.444 e. The standard InChI is InChI=1S/C25H29N3O3.C20H21N3O2.C20H21N3O.C5H5BrN2.C5H8O2/c1-25(2,3)31-24(29)28-22-10-9-19(20-6-4-5-7-21(20)22)17-8-11-23(26-16-17)27-18-12-14-30-15-13-18;1-20(2,3)25-19(24)23-17-10-9-14(13-8-11-18(21)22-12-13)15-6-4-5-7-16(15)17;21-19-7-6-16(17-3-1-2-4-18(17)19)14-5-8-20(22-13-14)23-15-9-11-24-12-10-15;6-4-1-2-5(7)8-3-4;6-5-1-3-7-4-2-5/h4-11,16,18H,12-15H2,1-3H3,(H,26,27)(H,28,29);4-12H,1-3H3,(H2,21,22)(H,23,24);1-8,13,15H,9-12,21H2,(H,22,23);1-3H,(H2,7,8);1-4H2. The van der Waals surface area contributed by atoms with Crippen molar-refractivity contribution in [1.82, 2.24) is 19.9 Å². The number of hydrogen-bond acceptors (Lipinski definition) is 17. The molecule has 0 atom stereocenters. The summed E-state index contributed by atoms with van der Waals surface area (Å²) in [4.78, 5) is 52.0. The Morgan fingerprint density at radius 1 is 0.442 bits per heavy atom. The molecule has 0 aliphatic carbocycles. The predicted molar refractivity (Wildman–Crippen MR) is 386 cm³/mol. The number of nitrogens with zero attached hydrogens (tertiary/aromatic N) is 4. The molecule has 95 heavy (non-hydrogen) atoms. The van der Waals surface area contributed by atoms with Gasteiger partial charge < -0.3 is 51.5 Å². The lowest BCUT2D eigenvalue weighted by atomic mass is 9.98. The van der Waals surface area contributed by atoms with Crippen molar-refractivity contribution in [3.05, 3.63) is 187 Å². The van der Waals surface area contributed by atoms with E-state index in [2.05, 4.69) is 99.6 Å². The maximum atomic E-state index is 12.3. The Hall–Kier alpha value is -9.73. The summed E-state index contributed by atoms with van der Waals surface area (Å²) < 4.78 is 27.4. The molecule has 7 heterocycles. The highest BCUT2D eigenvalue weighted by Gasteiger charge is 2.21. The first-order valence-electron chi connectivity index (χ1n) is 31.8. The van der Waals surface area contributed by atoms with Crippen molar-refractivity contribution in [2.24, 2.45) is 0 Å². The fourth-order valence-electron chi connectivity index (χ4n) is 10.7. The zero-order valence-corrected chi connectivity index (χ0v) is 56.2. The van der Waals surface area contributed by atoms with Gasteiger partial charge in [-0.25, -0.2) is 29.5 Å². The molecular formula is C75H84BrN11O8. The molecule has 4 aromatic heterocycles. The van der Waals surface area contributed by atoms with Gasteiger partial charge in [-0.3, -0.25) is 15.4 Å². The molecule has 0 bridgehead atoms. The summed E-state index contributed by atoms with van der Waals surface area (Å²) in [6, 6.07) is 52.3. The van der Waals surface area contributed by atoms with Gasteiger partial charge in [0.05, 0.1) is 24.6 Å². The number of carbonyl (C=O) groups excluding carboxylic acids is 3. The lowest BCUT2D eigenvalue weighted by Gasteiger charge is -2.23. The van der Waals surface area contributed by atoms with E-state index >= 15 is 0 Å². The highest BCUT2D eigenvalue weighted by molar-refractivity contribution is 9.10. The van der Waals surface area contributed by atoms with E-state index in [1.54, 1.807) is 24.5 Å². The zero-order valence-electron chi connectivity index (χ0n) is 54.6. The zero-order chi connectivity index (χ0) is 67.3. The lowest BCUT2D eigenvalue weighted by molar-refractivity contribution is -0.124. The smallest absolute Gasteiger partial charge is 0.412 e. The van der Waals surface area contributed by atoms with Crippen molar-refractivity contribution in [2.75, 3.05) is 78.1 Å². The van der Waals surface area contributed by atoms with Crippen LogP contribution in [0.25, 0.3) is 65.7 Å². The molecule has 2 amide bonds.